The van der Waals surface area contributed by atoms with E-state index in [0.717, 1.165) is 39.6 Å². The first-order valence-corrected chi connectivity index (χ1v) is 26.6. The van der Waals surface area contributed by atoms with Crippen molar-refractivity contribution in [2.45, 2.75) is 132 Å². The normalized spacial score (nSPS) is 15.5. The van der Waals surface area contributed by atoms with Gasteiger partial charge in [0.05, 0.1) is 10.8 Å². The first kappa shape index (κ1) is 55.5. The zero-order valence-corrected chi connectivity index (χ0v) is 44.5. The van der Waals surface area contributed by atoms with Crippen molar-refractivity contribution in [1.82, 2.24) is 25.8 Å². The number of rotatable bonds is 21. The number of carbonyl (C=O) groups excluding carboxylic acids is 6. The number of aromatic amines is 1. The number of fused-ring (bicyclic) bond motifs is 1. The lowest BCUT2D eigenvalue weighted by Gasteiger charge is -2.44. The van der Waals surface area contributed by atoms with Crippen molar-refractivity contribution in [2.24, 2.45) is 5.73 Å². The largest absolute Gasteiger partial charge is 0.516 e. The second kappa shape index (κ2) is 24.9. The molecule has 0 saturated carbocycles. The van der Waals surface area contributed by atoms with Gasteiger partial charge in [-0.25, -0.2) is 9.59 Å². The van der Waals surface area contributed by atoms with Gasteiger partial charge in [-0.1, -0.05) is 159 Å². The number of H-pyrrole nitrogens is 1. The molecule has 1 aromatic heterocycles. The number of unbranched alkanes of at least 4 members (excludes halogenated alkanes) is 1. The Morgan fingerprint density at radius 3 is 1.83 bits per heavy atom. The monoisotopic (exact) mass is 1030 g/mol. The highest BCUT2D eigenvalue weighted by atomic mass is 32.2. The van der Waals surface area contributed by atoms with Crippen LogP contribution in [0, 0.1) is 0 Å². The van der Waals surface area contributed by atoms with Gasteiger partial charge in [-0.05, 0) is 94.2 Å². The summed E-state index contributed by atoms with van der Waals surface area (Å²) in [5.74, 6) is -3.30. The molecule has 7 rings (SSSR count). The van der Waals surface area contributed by atoms with Gasteiger partial charge in [-0.15, -0.1) is 11.8 Å². The number of nitrogens with zero attached hydrogens (tertiary/aromatic N) is 1. The fraction of sp³-hybridized carbons (Fsp3) is 0.367. The van der Waals surface area contributed by atoms with Gasteiger partial charge in [0.2, 0.25) is 23.6 Å². The van der Waals surface area contributed by atoms with E-state index in [9.17, 15) is 19.2 Å². The fourth-order valence-electron chi connectivity index (χ4n) is 9.74. The van der Waals surface area contributed by atoms with Crippen LogP contribution in [0.25, 0.3) is 10.9 Å². The van der Waals surface area contributed by atoms with Gasteiger partial charge < -0.3 is 41.0 Å². The Kier molecular flexibility index (Phi) is 18.4. The molecule has 0 aliphatic carbocycles. The van der Waals surface area contributed by atoms with Gasteiger partial charge in [0.25, 0.3) is 0 Å². The summed E-state index contributed by atoms with van der Waals surface area (Å²) >= 11 is 1.45. The zero-order valence-electron chi connectivity index (χ0n) is 43.7. The predicted octanol–water partition coefficient (Wildman–Crippen LogP) is 8.90. The number of nitrogens with one attached hydrogen (secondary N) is 4. The molecule has 6 N–H and O–H groups in total. The highest BCUT2D eigenvalue weighted by molar-refractivity contribution is 8.02. The fourth-order valence-corrected chi connectivity index (χ4v) is 11.6. The van der Waals surface area contributed by atoms with E-state index in [2.05, 4.69) is 20.9 Å². The minimum absolute atomic E-state index is 0.0988. The number of amides is 4. The van der Waals surface area contributed by atoms with E-state index in [-0.39, 0.29) is 25.8 Å². The molecule has 1 aliphatic rings. The number of benzene rings is 5. The van der Waals surface area contributed by atoms with E-state index in [0.29, 0.717) is 24.8 Å². The summed E-state index contributed by atoms with van der Waals surface area (Å²) in [7, 11) is 0. The Labute approximate surface area is 444 Å². The van der Waals surface area contributed by atoms with E-state index >= 15 is 9.59 Å². The summed E-state index contributed by atoms with van der Waals surface area (Å²) in [6, 6.07) is 40.9. The number of nitrogens with two attached hydrogens (primary N) is 1. The van der Waals surface area contributed by atoms with Crippen LogP contribution in [0.15, 0.2) is 152 Å². The van der Waals surface area contributed by atoms with E-state index < -0.39 is 81.1 Å². The third-order valence-electron chi connectivity index (χ3n) is 13.4. The summed E-state index contributed by atoms with van der Waals surface area (Å²) in [5, 5.41) is 9.74. The van der Waals surface area contributed by atoms with Crippen LogP contribution in [-0.2, 0) is 51.0 Å². The van der Waals surface area contributed by atoms with Crippen molar-refractivity contribution >= 4 is 58.4 Å². The molecule has 5 atom stereocenters. The third-order valence-corrected chi connectivity index (χ3v) is 15.2. The van der Waals surface area contributed by atoms with Gasteiger partial charge >= 0.3 is 12.1 Å². The first-order valence-electron chi connectivity index (χ1n) is 25.8. The topological polar surface area (TPSA) is 202 Å². The molecule has 0 spiro atoms. The van der Waals surface area contributed by atoms with E-state index in [4.69, 9.17) is 15.2 Å². The van der Waals surface area contributed by atoms with Crippen LogP contribution in [0.5, 0.6) is 0 Å². The predicted molar refractivity (Wildman–Crippen MR) is 293 cm³/mol. The first-order chi connectivity index (χ1) is 35.9. The Morgan fingerprint density at radius 2 is 1.25 bits per heavy atom. The summed E-state index contributed by atoms with van der Waals surface area (Å²) in [6.45, 7) is 10.9. The molecule has 0 bridgehead atoms. The molecular formula is C60H70N6O8S. The molecule has 1 fully saturated rings. The summed E-state index contributed by atoms with van der Waals surface area (Å²) in [6.07, 6.45) is 3.16. The standard InChI is InChI=1S/C60H70N6O8S/c1-7-8-33-48(63-52(67)46(61)37-40-24-13-9-14-25-40)55(70)66-36-23-35-50(66)53(68)65-51(54(69)64-49(56(71)73-57(72)74-58(2,3)4)38-41-39-62-47-34-22-21-32-45(41)47)59(5,6)75-60(42-26-15-10-16-27-42,43-28-17-11-18-29-43)44-30-19-12-20-31-44/h9-22,24-32,34,39,46,48-51,62H,7-8,23,33,35-38,61H2,1-6H3,(H,63,67)(H,64,69)(H,65,68)/t46-,48-,49-,50-,51-/m0/s1. The molecule has 2 heterocycles. The van der Waals surface area contributed by atoms with Gasteiger partial charge in [0, 0.05) is 34.8 Å². The van der Waals surface area contributed by atoms with E-state index in [1.807, 2.05) is 166 Å². The Bertz CT molecular complexity index is 2800. The maximum atomic E-state index is 15.6. The zero-order chi connectivity index (χ0) is 53.8. The van der Waals surface area contributed by atoms with Crippen molar-refractivity contribution in [3.8, 4) is 0 Å². The quantitative estimate of drug-likeness (QED) is 0.0263. The Balaban J connectivity index is 1.27. The summed E-state index contributed by atoms with van der Waals surface area (Å²) in [4.78, 5) is 91.2. The van der Waals surface area contributed by atoms with E-state index in [1.165, 1.54) is 16.7 Å². The second-order valence-electron chi connectivity index (χ2n) is 20.6. The van der Waals surface area contributed by atoms with Gasteiger partial charge in [-0.2, -0.15) is 0 Å². The SMILES string of the molecule is CCCC[C@H](NC(=O)[C@@H](N)Cc1ccccc1)C(=O)N1CCC[C@H]1C(=O)N[C@@H](C(=O)N[C@@H](Cc1c[nH]c2ccccc12)C(=O)OC(=O)OC(C)(C)C)C(C)(C)SC(c1ccccc1)(c1ccccc1)c1ccccc1. The molecule has 14 nitrogen and oxygen atoms in total. The van der Waals surface area contributed by atoms with Crippen molar-refractivity contribution in [1.29, 1.82) is 0 Å². The number of esters is 1. The summed E-state index contributed by atoms with van der Waals surface area (Å²) < 4.78 is 8.42. The van der Waals surface area contributed by atoms with Crippen LogP contribution in [0.2, 0.25) is 0 Å². The van der Waals surface area contributed by atoms with Gasteiger partial charge in [0.1, 0.15) is 29.8 Å². The third kappa shape index (κ3) is 13.9. The molecule has 5 aromatic carbocycles. The highest BCUT2D eigenvalue weighted by Crippen LogP contribution is 2.54. The molecule has 1 aliphatic heterocycles. The van der Waals surface area contributed by atoms with Crippen LogP contribution in [-0.4, -0.2) is 92.7 Å². The molecule has 6 aromatic rings. The Morgan fingerprint density at radius 1 is 0.707 bits per heavy atom. The maximum Gasteiger partial charge on any atom is 0.516 e. The number of hydrogen-bond donors (Lipinski definition) is 5. The smallest absolute Gasteiger partial charge is 0.428 e. The highest BCUT2D eigenvalue weighted by Gasteiger charge is 2.49. The van der Waals surface area contributed by atoms with Crippen molar-refractivity contribution in [2.75, 3.05) is 6.54 Å². The van der Waals surface area contributed by atoms with Crippen molar-refractivity contribution in [3.05, 3.63) is 180 Å². The lowest BCUT2D eigenvalue weighted by Crippen LogP contribution is -2.63. The summed E-state index contributed by atoms with van der Waals surface area (Å²) in [5.41, 5.74) is 10.5. The second-order valence-corrected chi connectivity index (χ2v) is 22.5. The minimum atomic E-state index is -1.45. The minimum Gasteiger partial charge on any atom is -0.428 e. The number of thioether (sulfide) groups is 1. The number of carbonyl (C=O) groups is 6. The lowest BCUT2D eigenvalue weighted by atomic mass is 9.84. The number of likely N-dealkylation sites (tertiary alicyclic amines) is 1. The van der Waals surface area contributed by atoms with Crippen molar-refractivity contribution in [3.63, 3.8) is 0 Å². The molecule has 4 amide bonds. The van der Waals surface area contributed by atoms with Crippen LogP contribution >= 0.6 is 11.8 Å². The number of aromatic nitrogens is 1. The Hall–Kier alpha value is -7.23. The molecule has 1 saturated heterocycles. The van der Waals surface area contributed by atoms with Gasteiger partial charge in [0.15, 0.2) is 0 Å². The van der Waals surface area contributed by atoms with Crippen LogP contribution < -0.4 is 21.7 Å². The average molecular weight is 1040 g/mol. The molecule has 0 unspecified atom stereocenters. The van der Waals surface area contributed by atoms with E-state index in [1.54, 1.807) is 27.0 Å². The number of para-hydroxylation sites is 1. The lowest BCUT2D eigenvalue weighted by molar-refractivity contribution is -0.146. The van der Waals surface area contributed by atoms with Gasteiger partial charge in [-0.3, -0.25) is 19.2 Å². The molecule has 15 heteroatoms. The average Bonchev–Trinajstić information content (AvgIpc) is 4.06. The molecule has 0 radical (unpaired) electrons. The maximum absolute atomic E-state index is 15.6. The van der Waals surface area contributed by atoms with Crippen LogP contribution in [0.1, 0.15) is 101 Å². The molecule has 75 heavy (non-hydrogen) atoms. The molecular weight excluding hydrogens is 965 g/mol. The number of ether oxygens (including phenoxy) is 2. The van der Waals surface area contributed by atoms with Crippen LogP contribution in [0.3, 0.4) is 0 Å². The van der Waals surface area contributed by atoms with Crippen LogP contribution in [0.4, 0.5) is 4.79 Å². The van der Waals surface area contributed by atoms with Crippen molar-refractivity contribution < 1.29 is 38.2 Å². The molecule has 394 valence electrons. The number of hydrogen-bond acceptors (Lipinski definition) is 10.